The molecular formula is C41H45ClN4O8S. The molecule has 0 radical (unpaired) electrons. The Bertz CT molecular complexity index is 2070. The van der Waals surface area contributed by atoms with Crippen LogP contribution >= 0.6 is 11.6 Å². The molecule has 3 aromatic carbocycles. The van der Waals surface area contributed by atoms with Crippen molar-refractivity contribution in [1.29, 1.82) is 0 Å². The quantitative estimate of drug-likeness (QED) is 0.235. The summed E-state index contributed by atoms with van der Waals surface area (Å²) in [5, 5.41) is 6.24. The van der Waals surface area contributed by atoms with Crippen LogP contribution in [0.3, 0.4) is 0 Å². The highest BCUT2D eigenvalue weighted by Crippen LogP contribution is 2.46. The lowest BCUT2D eigenvalue weighted by Gasteiger charge is -2.39. The van der Waals surface area contributed by atoms with Gasteiger partial charge in [-0.15, -0.1) is 0 Å². The summed E-state index contributed by atoms with van der Waals surface area (Å²) in [6, 6.07) is 17.9. The van der Waals surface area contributed by atoms with Gasteiger partial charge in [0.1, 0.15) is 35.2 Å². The number of ether oxygens (including phenoxy) is 2. The molecule has 1 unspecified atom stereocenters. The molecule has 0 spiro atoms. The van der Waals surface area contributed by atoms with E-state index in [2.05, 4.69) is 15.4 Å². The highest BCUT2D eigenvalue weighted by atomic mass is 35.5. The van der Waals surface area contributed by atoms with Crippen LogP contribution in [0.1, 0.15) is 75.3 Å². The van der Waals surface area contributed by atoms with Crippen molar-refractivity contribution in [3.63, 3.8) is 0 Å². The zero-order chi connectivity index (χ0) is 38.6. The third kappa shape index (κ3) is 8.99. The first-order chi connectivity index (χ1) is 26.5. The van der Waals surface area contributed by atoms with E-state index in [0.717, 1.165) is 49.7 Å². The molecule has 3 aromatic rings. The molecule has 0 aromatic heterocycles. The van der Waals surface area contributed by atoms with Gasteiger partial charge in [0.05, 0.1) is 4.90 Å². The van der Waals surface area contributed by atoms with E-state index in [0.29, 0.717) is 35.8 Å². The van der Waals surface area contributed by atoms with Gasteiger partial charge in [0.15, 0.2) is 0 Å². The van der Waals surface area contributed by atoms with E-state index >= 15 is 0 Å². The summed E-state index contributed by atoms with van der Waals surface area (Å²) in [5.74, 6) is -1.36. The number of rotatable bonds is 7. The Morgan fingerprint density at radius 2 is 1.64 bits per heavy atom. The summed E-state index contributed by atoms with van der Waals surface area (Å²) in [7, 11) is -4.25. The van der Waals surface area contributed by atoms with Crippen molar-refractivity contribution in [1.82, 2.24) is 20.3 Å². The number of halogens is 1. The lowest BCUT2D eigenvalue weighted by molar-refractivity contribution is -0.144. The molecule has 2 saturated carbocycles. The second-order valence-electron chi connectivity index (χ2n) is 14.8. The van der Waals surface area contributed by atoms with E-state index in [1.54, 1.807) is 48.5 Å². The summed E-state index contributed by atoms with van der Waals surface area (Å²) in [6.07, 6.45) is 9.93. The van der Waals surface area contributed by atoms with Crippen LogP contribution in [-0.4, -0.2) is 60.9 Å². The standard InChI is InChI=1S/C41H45ClN4O8S/c42-30-13-11-16-32(24-30)53-33-21-20-27-26-46-36(23-28(27)22-33)37(47)44-41(39(49)45-55(51,52)34-17-6-4-7-18-34)25-29(41)12-5-2-1-3-8-19-35(38(46)48)43-40(50)54-31-14-9-10-15-31/h4-7,11-13,16-18,20-22,24,29,31,35-36H,1-3,8-10,14-15,19,23,25-26H2,(H,43,50)(H,44,47)(H,45,49)/b12-5-/t29-,35+,36?,41-/m1/s1. The lowest BCUT2D eigenvalue weighted by Crippen LogP contribution is -2.61. The largest absolute Gasteiger partial charge is 0.457 e. The second kappa shape index (κ2) is 16.5. The number of benzene rings is 3. The number of fused-ring (bicyclic) bond motifs is 3. The molecule has 4 atom stereocenters. The van der Waals surface area contributed by atoms with Crippen molar-refractivity contribution in [2.24, 2.45) is 5.92 Å². The molecule has 4 amide bonds. The summed E-state index contributed by atoms with van der Waals surface area (Å²) in [4.78, 5) is 57.7. The van der Waals surface area contributed by atoms with Crippen molar-refractivity contribution in [3.8, 4) is 11.5 Å². The van der Waals surface area contributed by atoms with Crippen LogP contribution in [0.4, 0.5) is 4.79 Å². The zero-order valence-corrected chi connectivity index (χ0v) is 31.9. The SMILES string of the molecule is O=C(N[C@H]1CCCCC/C=C\[C@@H]2C[C@@]2(C(=O)NS(=O)(=O)c2ccccc2)NC(=O)C2Cc3cc(Oc4cccc(Cl)c4)ccc3CN2C1=O)OC1CCCC1. The van der Waals surface area contributed by atoms with Crippen LogP contribution in [0.15, 0.2) is 89.8 Å². The summed E-state index contributed by atoms with van der Waals surface area (Å²) in [5.41, 5.74) is -0.0240. The Labute approximate surface area is 326 Å². The van der Waals surface area contributed by atoms with Gasteiger partial charge >= 0.3 is 6.09 Å². The van der Waals surface area contributed by atoms with Crippen LogP contribution in [0.5, 0.6) is 11.5 Å². The van der Waals surface area contributed by atoms with E-state index in [1.165, 1.54) is 17.0 Å². The molecule has 2 aliphatic heterocycles. The molecule has 55 heavy (non-hydrogen) atoms. The predicted molar refractivity (Wildman–Crippen MR) is 205 cm³/mol. The minimum Gasteiger partial charge on any atom is -0.457 e. The van der Waals surface area contributed by atoms with Crippen LogP contribution in [-0.2, 0) is 42.1 Å². The number of sulfonamides is 1. The van der Waals surface area contributed by atoms with E-state index in [9.17, 15) is 27.6 Å². The fourth-order valence-electron chi connectivity index (χ4n) is 7.75. The van der Waals surface area contributed by atoms with Gasteiger partial charge in [-0.3, -0.25) is 14.4 Å². The van der Waals surface area contributed by atoms with E-state index in [4.69, 9.17) is 21.1 Å². The maximum atomic E-state index is 14.6. The smallest absolute Gasteiger partial charge is 0.408 e. The fourth-order valence-corrected chi connectivity index (χ4v) is 8.99. The van der Waals surface area contributed by atoms with E-state index < -0.39 is 57.4 Å². The molecular weight excluding hydrogens is 744 g/mol. The minimum absolute atomic E-state index is 0.0461. The predicted octanol–water partition coefficient (Wildman–Crippen LogP) is 6.32. The minimum atomic E-state index is -4.25. The third-order valence-electron chi connectivity index (χ3n) is 10.9. The van der Waals surface area contributed by atoms with Crippen LogP contribution in [0, 0.1) is 5.92 Å². The Balaban J connectivity index is 1.20. The fraction of sp³-hybridized carbons (Fsp3) is 0.415. The summed E-state index contributed by atoms with van der Waals surface area (Å²) >= 11 is 6.17. The zero-order valence-electron chi connectivity index (χ0n) is 30.4. The molecule has 3 N–H and O–H groups in total. The van der Waals surface area contributed by atoms with Gasteiger partial charge in [0.2, 0.25) is 11.8 Å². The first-order valence-electron chi connectivity index (χ1n) is 18.9. The topological polar surface area (TPSA) is 160 Å². The van der Waals surface area contributed by atoms with Gasteiger partial charge in [-0.1, -0.05) is 66.9 Å². The van der Waals surface area contributed by atoms with Crippen LogP contribution < -0.4 is 20.1 Å². The van der Waals surface area contributed by atoms with Crippen molar-refractivity contribution in [2.45, 2.75) is 106 Å². The number of alkyl carbamates (subject to hydrolysis) is 1. The number of allylic oxidation sites excluding steroid dienone is 1. The maximum absolute atomic E-state index is 14.6. The Kier molecular flexibility index (Phi) is 11.5. The van der Waals surface area contributed by atoms with Gasteiger partial charge in [-0.2, -0.15) is 0 Å². The van der Waals surface area contributed by atoms with Gasteiger partial charge in [0, 0.05) is 23.9 Å². The van der Waals surface area contributed by atoms with Crippen LogP contribution in [0.2, 0.25) is 5.02 Å². The molecule has 7 rings (SSSR count). The van der Waals surface area contributed by atoms with E-state index in [-0.39, 0.29) is 30.4 Å². The summed E-state index contributed by atoms with van der Waals surface area (Å²) < 4.78 is 40.5. The average molecular weight is 789 g/mol. The lowest BCUT2D eigenvalue weighted by atomic mass is 9.91. The molecule has 0 saturated heterocycles. The van der Waals surface area contributed by atoms with Crippen molar-refractivity contribution >= 4 is 45.4 Å². The molecule has 2 heterocycles. The molecule has 0 bridgehead atoms. The number of carbonyl (C=O) groups is 4. The third-order valence-corrected chi connectivity index (χ3v) is 12.5. The molecule has 2 aliphatic carbocycles. The number of nitrogens with one attached hydrogen (secondary N) is 3. The average Bonchev–Trinajstić information content (AvgIpc) is 3.61. The van der Waals surface area contributed by atoms with Crippen molar-refractivity contribution in [3.05, 3.63) is 101 Å². The van der Waals surface area contributed by atoms with Crippen molar-refractivity contribution in [2.75, 3.05) is 0 Å². The highest BCUT2D eigenvalue weighted by molar-refractivity contribution is 7.90. The Hall–Kier alpha value is -4.88. The number of hydrogen-bond acceptors (Lipinski definition) is 8. The normalized spacial score (nSPS) is 25.1. The first kappa shape index (κ1) is 38.4. The van der Waals surface area contributed by atoms with E-state index in [1.807, 2.05) is 24.3 Å². The van der Waals surface area contributed by atoms with Gasteiger partial charge in [0.25, 0.3) is 15.9 Å². The number of amides is 4. The summed E-state index contributed by atoms with van der Waals surface area (Å²) in [6.45, 7) is 0.0461. The molecule has 290 valence electrons. The van der Waals surface area contributed by atoms with Crippen molar-refractivity contribution < 1.29 is 37.1 Å². The molecule has 4 aliphatic rings. The Morgan fingerprint density at radius 1 is 0.873 bits per heavy atom. The molecule has 12 nitrogen and oxygen atoms in total. The van der Waals surface area contributed by atoms with Gasteiger partial charge < -0.3 is 25.0 Å². The van der Waals surface area contributed by atoms with Gasteiger partial charge in [-0.05, 0) is 105 Å². The van der Waals surface area contributed by atoms with Crippen LogP contribution in [0.25, 0.3) is 0 Å². The first-order valence-corrected chi connectivity index (χ1v) is 20.8. The monoisotopic (exact) mass is 788 g/mol. The second-order valence-corrected chi connectivity index (χ2v) is 16.9. The molecule has 2 fully saturated rings. The molecule has 14 heteroatoms. The van der Waals surface area contributed by atoms with Gasteiger partial charge in [-0.25, -0.2) is 17.9 Å². The number of carbonyl (C=O) groups excluding carboxylic acids is 4. The number of nitrogens with zero attached hydrogens (tertiary/aromatic N) is 1. The number of hydrogen-bond donors (Lipinski definition) is 3. The maximum Gasteiger partial charge on any atom is 0.408 e. The Morgan fingerprint density at radius 3 is 2.42 bits per heavy atom. The highest BCUT2D eigenvalue weighted by Gasteiger charge is 2.61.